The minimum atomic E-state index is -0.425. The van der Waals surface area contributed by atoms with Gasteiger partial charge in [0.25, 0.3) is 0 Å². The van der Waals surface area contributed by atoms with Crippen LogP contribution in [0.25, 0.3) is 22.0 Å². The van der Waals surface area contributed by atoms with Crippen molar-refractivity contribution in [1.82, 2.24) is 14.8 Å². The Balaban J connectivity index is 2.26. The highest BCUT2D eigenvalue weighted by Crippen LogP contribution is 2.35. The fraction of sp³-hybridized carbons (Fsp3) is 0.294. The molecule has 0 spiro atoms. The third kappa shape index (κ3) is 2.95. The van der Waals surface area contributed by atoms with Gasteiger partial charge in [0.2, 0.25) is 0 Å². The Hall–Kier alpha value is -2.54. The van der Waals surface area contributed by atoms with Crippen molar-refractivity contribution < 1.29 is 4.39 Å². The van der Waals surface area contributed by atoms with Crippen LogP contribution in [0.3, 0.4) is 0 Å². The lowest BCUT2D eigenvalue weighted by Gasteiger charge is -2.12. The molecule has 0 aliphatic carbocycles. The first kappa shape index (κ1) is 17.3. The summed E-state index contributed by atoms with van der Waals surface area (Å²) in [5.74, 6) is 0.0787. The quantitative estimate of drug-likeness (QED) is 0.500. The minimum Gasteiger partial charge on any atom is -0.271 e. The van der Waals surface area contributed by atoms with Crippen LogP contribution in [0.4, 0.5) is 10.2 Å². The maximum absolute atomic E-state index is 14.6. The van der Waals surface area contributed by atoms with E-state index in [1.807, 2.05) is 19.9 Å². The zero-order valence-corrected chi connectivity index (χ0v) is 15.0. The van der Waals surface area contributed by atoms with Crippen molar-refractivity contribution in [3.63, 3.8) is 0 Å². The fourth-order valence-corrected chi connectivity index (χ4v) is 3.19. The van der Waals surface area contributed by atoms with Gasteiger partial charge in [-0.05, 0) is 29.7 Å². The molecular formula is C17H17ClFN5O. The Bertz CT molecular complexity index is 969. The number of pyridine rings is 1. The molecule has 0 fully saturated rings. The van der Waals surface area contributed by atoms with Crippen LogP contribution in [0.15, 0.2) is 29.7 Å². The zero-order valence-electron chi connectivity index (χ0n) is 14.3. The number of hydrogen-bond donors (Lipinski definition) is 0. The van der Waals surface area contributed by atoms with E-state index < -0.39 is 5.82 Å². The number of rotatable bonds is 4. The molecule has 25 heavy (non-hydrogen) atoms. The number of aromatic nitrogens is 3. The first-order chi connectivity index (χ1) is 11.8. The summed E-state index contributed by atoms with van der Waals surface area (Å²) in [7, 11) is 3.28. The molecule has 0 unspecified atom stereocenters. The van der Waals surface area contributed by atoms with Gasteiger partial charge in [-0.25, -0.2) is 14.4 Å². The highest BCUT2D eigenvalue weighted by molar-refractivity contribution is 6.33. The van der Waals surface area contributed by atoms with E-state index in [4.69, 9.17) is 11.6 Å². The van der Waals surface area contributed by atoms with Gasteiger partial charge in [0.05, 0.1) is 10.3 Å². The summed E-state index contributed by atoms with van der Waals surface area (Å²) in [5, 5.41) is 9.28. The summed E-state index contributed by atoms with van der Waals surface area (Å²) < 4.78 is 16.3. The second kappa shape index (κ2) is 6.40. The van der Waals surface area contributed by atoms with Crippen molar-refractivity contribution in [3.05, 3.63) is 45.8 Å². The van der Waals surface area contributed by atoms with Gasteiger partial charge >= 0.3 is 0 Å². The molecule has 2 aromatic heterocycles. The molecule has 0 aliphatic heterocycles. The lowest BCUT2D eigenvalue weighted by Crippen LogP contribution is -2.08. The lowest BCUT2D eigenvalue weighted by molar-refractivity contribution is 0.629. The number of benzene rings is 1. The van der Waals surface area contributed by atoms with Crippen molar-refractivity contribution >= 4 is 28.3 Å². The van der Waals surface area contributed by atoms with Crippen LogP contribution < -0.4 is 5.01 Å². The number of anilines is 1. The molecule has 3 rings (SSSR count). The maximum atomic E-state index is 14.6. The first-order valence-corrected chi connectivity index (χ1v) is 8.10. The number of hydrogen-bond acceptors (Lipinski definition) is 4. The van der Waals surface area contributed by atoms with Gasteiger partial charge in [-0.2, -0.15) is 5.10 Å². The molecule has 8 heteroatoms. The largest absolute Gasteiger partial charge is 0.271 e. The smallest absolute Gasteiger partial charge is 0.152 e. The predicted molar refractivity (Wildman–Crippen MR) is 97.2 cm³/mol. The molecule has 0 N–H and O–H groups in total. The van der Waals surface area contributed by atoms with E-state index in [1.165, 1.54) is 19.3 Å². The van der Waals surface area contributed by atoms with Gasteiger partial charge in [-0.1, -0.05) is 25.4 Å². The van der Waals surface area contributed by atoms with E-state index in [-0.39, 0.29) is 5.92 Å². The van der Waals surface area contributed by atoms with E-state index >= 15 is 0 Å². The van der Waals surface area contributed by atoms with Crippen LogP contribution in [0.5, 0.6) is 0 Å². The molecule has 0 bridgehead atoms. The Morgan fingerprint density at radius 2 is 2.04 bits per heavy atom. The zero-order chi connectivity index (χ0) is 18.3. The second-order valence-corrected chi connectivity index (χ2v) is 6.55. The summed E-state index contributed by atoms with van der Waals surface area (Å²) >= 11 is 6.26. The highest BCUT2D eigenvalue weighted by atomic mass is 35.5. The van der Waals surface area contributed by atoms with Crippen LogP contribution in [0.2, 0.25) is 5.02 Å². The van der Waals surface area contributed by atoms with Crippen molar-refractivity contribution in [2.24, 2.45) is 12.3 Å². The molecule has 3 aromatic rings. The Morgan fingerprint density at radius 1 is 1.32 bits per heavy atom. The number of aryl methyl sites for hydroxylation is 1. The van der Waals surface area contributed by atoms with Gasteiger partial charge in [0.15, 0.2) is 11.6 Å². The summed E-state index contributed by atoms with van der Waals surface area (Å²) in [5.41, 5.74) is 2.43. The van der Waals surface area contributed by atoms with E-state index in [9.17, 15) is 9.30 Å². The average Bonchev–Trinajstić information content (AvgIpc) is 2.91. The van der Waals surface area contributed by atoms with Crippen molar-refractivity contribution in [3.8, 4) is 11.1 Å². The van der Waals surface area contributed by atoms with Gasteiger partial charge < -0.3 is 0 Å². The van der Waals surface area contributed by atoms with Gasteiger partial charge in [-0.15, -0.1) is 4.91 Å². The predicted octanol–water partition coefficient (Wildman–Crippen LogP) is 4.67. The number of fused-ring (bicyclic) bond motifs is 1. The molecule has 0 saturated heterocycles. The molecule has 0 amide bonds. The number of nitroso groups, excluding NO2 is 1. The molecule has 6 nitrogen and oxygen atoms in total. The van der Waals surface area contributed by atoms with E-state index in [1.54, 1.807) is 17.8 Å². The lowest BCUT2D eigenvalue weighted by atomic mass is 10.00. The van der Waals surface area contributed by atoms with Crippen molar-refractivity contribution in [2.75, 3.05) is 12.1 Å². The summed E-state index contributed by atoms with van der Waals surface area (Å²) in [6.07, 6.45) is 1.42. The summed E-state index contributed by atoms with van der Waals surface area (Å²) in [6, 6.07) is 4.86. The number of halogens is 2. The second-order valence-electron chi connectivity index (χ2n) is 6.15. The van der Waals surface area contributed by atoms with Crippen LogP contribution in [0, 0.1) is 10.7 Å². The fourth-order valence-electron chi connectivity index (χ4n) is 2.98. The van der Waals surface area contributed by atoms with Crippen LogP contribution in [0.1, 0.15) is 25.5 Å². The minimum absolute atomic E-state index is 0.179. The Morgan fingerprint density at radius 3 is 2.68 bits per heavy atom. The topological polar surface area (TPSA) is 63.4 Å². The van der Waals surface area contributed by atoms with E-state index in [0.29, 0.717) is 27.5 Å². The normalized spacial score (nSPS) is 11.3. The van der Waals surface area contributed by atoms with Gasteiger partial charge in [-0.3, -0.25) is 4.68 Å². The molecule has 130 valence electrons. The standard InChI is InChI=1S/C17H17ClFN5O/c1-9(2)17-12-5-10(6-14(19)16(12)21-24(17)4)11-7-15(23(3)22-25)20-8-13(11)18/h5-9H,1-4H3. The molecular weight excluding hydrogens is 345 g/mol. The molecule has 0 atom stereocenters. The van der Waals surface area contributed by atoms with Crippen LogP contribution >= 0.6 is 11.6 Å². The first-order valence-electron chi connectivity index (χ1n) is 7.72. The molecule has 1 aromatic carbocycles. The van der Waals surface area contributed by atoms with Gasteiger partial charge in [0.1, 0.15) is 5.52 Å². The molecule has 0 saturated carbocycles. The summed E-state index contributed by atoms with van der Waals surface area (Å²) in [6.45, 7) is 4.06. The van der Waals surface area contributed by atoms with Crippen LogP contribution in [-0.4, -0.2) is 21.8 Å². The van der Waals surface area contributed by atoms with Gasteiger partial charge in [0, 0.05) is 36.9 Å². The number of nitrogens with zero attached hydrogens (tertiary/aromatic N) is 5. The van der Waals surface area contributed by atoms with Crippen LogP contribution in [-0.2, 0) is 7.05 Å². The Labute approximate surface area is 149 Å². The molecule has 0 radical (unpaired) electrons. The monoisotopic (exact) mass is 361 g/mol. The Kier molecular flexibility index (Phi) is 4.43. The van der Waals surface area contributed by atoms with Crippen molar-refractivity contribution in [1.29, 1.82) is 0 Å². The van der Waals surface area contributed by atoms with E-state index in [2.05, 4.69) is 15.4 Å². The average molecular weight is 362 g/mol. The third-order valence-electron chi connectivity index (χ3n) is 4.09. The maximum Gasteiger partial charge on any atom is 0.152 e. The third-order valence-corrected chi connectivity index (χ3v) is 4.39. The highest BCUT2D eigenvalue weighted by Gasteiger charge is 2.18. The van der Waals surface area contributed by atoms with E-state index in [0.717, 1.165) is 16.1 Å². The summed E-state index contributed by atoms with van der Waals surface area (Å²) in [4.78, 5) is 14.8. The SMILES string of the molecule is CC(C)c1c2cc(-c3cc(N(C)N=O)ncc3Cl)cc(F)c2nn1C. The molecule has 0 aliphatic rings. The molecule has 2 heterocycles. The van der Waals surface area contributed by atoms with Crippen molar-refractivity contribution in [2.45, 2.75) is 19.8 Å².